The number of carbonyl (C=O) groups is 4. The minimum Gasteiger partial charge on any atom is -0.493 e. The highest BCUT2D eigenvalue weighted by molar-refractivity contribution is 5.95. The van der Waals surface area contributed by atoms with E-state index in [0.717, 1.165) is 17.5 Å². The first-order valence-electron chi connectivity index (χ1n) is 17.8. The summed E-state index contributed by atoms with van der Waals surface area (Å²) in [4.78, 5) is 54.6. The number of benzene rings is 2. The normalized spacial score (nSPS) is 16.0. The lowest BCUT2D eigenvalue weighted by atomic mass is 9.82. The van der Waals surface area contributed by atoms with Crippen LogP contribution < -0.4 is 9.47 Å². The number of rotatable bonds is 20. The molecule has 0 aromatic heterocycles. The Hall–Kier alpha value is -4.38. The molecular weight excluding hydrogens is 654 g/mol. The second-order valence-electron chi connectivity index (χ2n) is 13.5. The Kier molecular flexibility index (Phi) is 16.5. The highest BCUT2D eigenvalue weighted by Gasteiger charge is 2.42. The number of hydrogen-bond donors (Lipinski definition) is 0. The van der Waals surface area contributed by atoms with Crippen molar-refractivity contribution in [2.45, 2.75) is 79.7 Å². The molecule has 2 amide bonds. The van der Waals surface area contributed by atoms with Crippen LogP contribution in [0.5, 0.6) is 11.5 Å². The first-order valence-corrected chi connectivity index (χ1v) is 17.8. The molecule has 3 atom stereocenters. The first-order chi connectivity index (χ1) is 24.4. The molecule has 0 spiro atoms. The third-order valence-corrected chi connectivity index (χ3v) is 9.05. The third-order valence-electron chi connectivity index (χ3n) is 9.05. The number of amides is 2. The van der Waals surface area contributed by atoms with Crippen LogP contribution in [0.3, 0.4) is 0 Å². The van der Waals surface area contributed by atoms with Crippen LogP contribution >= 0.6 is 0 Å². The van der Waals surface area contributed by atoms with Gasteiger partial charge in [-0.15, -0.1) is 0 Å². The van der Waals surface area contributed by atoms with Crippen molar-refractivity contribution < 1.29 is 47.6 Å². The molecule has 1 aliphatic heterocycles. The molecule has 0 aliphatic carbocycles. The highest BCUT2D eigenvalue weighted by Crippen LogP contribution is 2.35. The molecule has 2 aromatic carbocycles. The van der Waals surface area contributed by atoms with Crippen LogP contribution in [0, 0.1) is 23.7 Å². The molecular formula is C40H55NO10. The van der Waals surface area contributed by atoms with Gasteiger partial charge in [0.2, 0.25) is 5.91 Å². The molecule has 51 heavy (non-hydrogen) atoms. The number of esters is 2. The first kappa shape index (κ1) is 41.0. The van der Waals surface area contributed by atoms with E-state index in [2.05, 4.69) is 13.8 Å². The van der Waals surface area contributed by atoms with E-state index in [4.69, 9.17) is 28.4 Å². The van der Waals surface area contributed by atoms with Crippen LogP contribution in [0.2, 0.25) is 0 Å². The Bertz CT molecular complexity index is 1490. The van der Waals surface area contributed by atoms with E-state index in [-0.39, 0.29) is 55.1 Å². The number of cyclic esters (lactones) is 1. The van der Waals surface area contributed by atoms with E-state index in [0.29, 0.717) is 37.6 Å². The smallest absolute Gasteiger partial charge is 0.416 e. The van der Waals surface area contributed by atoms with Crippen molar-refractivity contribution in [2.75, 3.05) is 40.6 Å². The summed E-state index contributed by atoms with van der Waals surface area (Å²) in [5.74, 6) is -1.48. The van der Waals surface area contributed by atoms with Crippen molar-refractivity contribution in [3.05, 3.63) is 71.0 Å². The SMILES string of the molecule is CCOC(=O)/C(C[C@H](Cc1ccc(OC)c(OCCCOC)c1)C(C)C)=C(\C[C@H](C(=O)N1C(=O)OC[C@@H]1Cc1ccccc1)C(C)C)OC(C)=O. The monoisotopic (exact) mass is 709 g/mol. The fourth-order valence-electron chi connectivity index (χ4n) is 6.14. The Morgan fingerprint density at radius 3 is 2.25 bits per heavy atom. The summed E-state index contributed by atoms with van der Waals surface area (Å²) in [7, 11) is 3.23. The Balaban J connectivity index is 1.98. The standard InChI is InChI=1S/C40H55NO10/c1-9-48-39(44)34(23-31(26(2)3)20-30-16-17-35(47-8)37(22-30)49-19-13-18-46-7)36(51-28(6)42)24-33(27(4)5)38(43)41-32(25-50-40(41)45)21-29-14-11-10-12-15-29/h10-12,14-17,22,26-27,31-33H,9,13,18-21,23-25H2,1-8H3/b36-34+/t31-,32-,33-/m0/s1. The summed E-state index contributed by atoms with van der Waals surface area (Å²) in [6, 6.07) is 14.8. The van der Waals surface area contributed by atoms with Gasteiger partial charge in [0.05, 0.1) is 31.9 Å². The number of carbonyl (C=O) groups excluding carboxylic acids is 4. The van der Waals surface area contributed by atoms with Gasteiger partial charge in [0.15, 0.2) is 11.5 Å². The zero-order valence-corrected chi connectivity index (χ0v) is 31.4. The average Bonchev–Trinajstić information content (AvgIpc) is 3.45. The summed E-state index contributed by atoms with van der Waals surface area (Å²) in [6.07, 6.45) is 1.15. The maximum absolute atomic E-state index is 14.2. The lowest BCUT2D eigenvalue weighted by molar-refractivity contribution is -0.142. The summed E-state index contributed by atoms with van der Waals surface area (Å²) in [5.41, 5.74) is 2.13. The average molecular weight is 710 g/mol. The van der Waals surface area contributed by atoms with E-state index in [1.54, 1.807) is 21.1 Å². The lowest BCUT2D eigenvalue weighted by Crippen LogP contribution is -2.45. The maximum atomic E-state index is 14.2. The van der Waals surface area contributed by atoms with Crippen LogP contribution in [0.25, 0.3) is 0 Å². The molecule has 0 radical (unpaired) electrons. The number of nitrogens with zero attached hydrogens (tertiary/aromatic N) is 1. The molecule has 0 saturated carbocycles. The number of ether oxygens (including phenoxy) is 6. The van der Waals surface area contributed by atoms with Crippen molar-refractivity contribution in [2.24, 2.45) is 23.7 Å². The molecule has 280 valence electrons. The van der Waals surface area contributed by atoms with Gasteiger partial charge in [-0.05, 0) is 67.2 Å². The van der Waals surface area contributed by atoms with Crippen molar-refractivity contribution in [3.8, 4) is 11.5 Å². The van der Waals surface area contributed by atoms with E-state index in [9.17, 15) is 19.2 Å². The lowest BCUT2D eigenvalue weighted by Gasteiger charge is -2.29. The van der Waals surface area contributed by atoms with Gasteiger partial charge in [0.25, 0.3) is 0 Å². The minimum absolute atomic E-state index is 0.0720. The Labute approximate surface area is 302 Å². The van der Waals surface area contributed by atoms with Crippen molar-refractivity contribution in [1.29, 1.82) is 0 Å². The number of methoxy groups -OCH3 is 2. The number of allylic oxidation sites excluding steroid dienone is 1. The molecule has 1 fully saturated rings. The van der Waals surface area contributed by atoms with Crippen molar-refractivity contribution in [3.63, 3.8) is 0 Å². The fraction of sp³-hybridized carbons (Fsp3) is 0.550. The molecule has 11 nitrogen and oxygen atoms in total. The summed E-state index contributed by atoms with van der Waals surface area (Å²) in [6.45, 7) is 12.0. The van der Waals surface area contributed by atoms with E-state index in [1.165, 1.54) is 11.8 Å². The molecule has 1 saturated heterocycles. The van der Waals surface area contributed by atoms with Gasteiger partial charge in [-0.25, -0.2) is 14.5 Å². The summed E-state index contributed by atoms with van der Waals surface area (Å²) < 4.78 is 33.3. The van der Waals surface area contributed by atoms with Gasteiger partial charge in [-0.2, -0.15) is 0 Å². The fourth-order valence-corrected chi connectivity index (χ4v) is 6.14. The van der Waals surface area contributed by atoms with Crippen molar-refractivity contribution >= 4 is 23.9 Å². The second kappa shape index (κ2) is 20.5. The van der Waals surface area contributed by atoms with Gasteiger partial charge in [-0.3, -0.25) is 9.59 Å². The summed E-state index contributed by atoms with van der Waals surface area (Å²) >= 11 is 0. The molecule has 3 rings (SSSR count). The zero-order chi connectivity index (χ0) is 37.5. The third kappa shape index (κ3) is 12.1. The predicted molar refractivity (Wildman–Crippen MR) is 192 cm³/mol. The molecule has 11 heteroatoms. The molecule has 0 bridgehead atoms. The molecule has 2 aromatic rings. The Morgan fingerprint density at radius 1 is 0.922 bits per heavy atom. The van der Waals surface area contributed by atoms with Crippen LogP contribution in [0.1, 0.15) is 71.9 Å². The van der Waals surface area contributed by atoms with Gasteiger partial charge in [0.1, 0.15) is 12.4 Å². The second-order valence-corrected chi connectivity index (χ2v) is 13.5. The molecule has 1 aliphatic rings. The molecule has 0 unspecified atom stereocenters. The van der Waals surface area contributed by atoms with Gasteiger partial charge >= 0.3 is 18.0 Å². The van der Waals surface area contributed by atoms with Gasteiger partial charge in [0, 0.05) is 39.4 Å². The zero-order valence-electron chi connectivity index (χ0n) is 31.4. The van der Waals surface area contributed by atoms with Gasteiger partial charge < -0.3 is 28.4 Å². The number of hydrogen-bond acceptors (Lipinski definition) is 10. The maximum Gasteiger partial charge on any atom is 0.416 e. The minimum atomic E-state index is -0.801. The van der Waals surface area contributed by atoms with Crippen LogP contribution in [-0.4, -0.2) is 75.5 Å². The topological polar surface area (TPSA) is 127 Å². The highest BCUT2D eigenvalue weighted by atomic mass is 16.6. The van der Waals surface area contributed by atoms with E-state index in [1.807, 2.05) is 62.4 Å². The summed E-state index contributed by atoms with van der Waals surface area (Å²) in [5, 5.41) is 0. The van der Waals surface area contributed by atoms with Crippen LogP contribution in [0.4, 0.5) is 4.79 Å². The number of imide groups is 1. The van der Waals surface area contributed by atoms with Crippen LogP contribution in [-0.2, 0) is 46.2 Å². The molecule has 0 N–H and O–H groups in total. The molecule has 1 heterocycles. The largest absolute Gasteiger partial charge is 0.493 e. The Morgan fingerprint density at radius 2 is 1.65 bits per heavy atom. The quantitative estimate of drug-likeness (QED) is 0.0469. The van der Waals surface area contributed by atoms with Crippen molar-refractivity contribution in [1.82, 2.24) is 4.90 Å². The van der Waals surface area contributed by atoms with Crippen LogP contribution in [0.15, 0.2) is 59.9 Å². The predicted octanol–water partition coefficient (Wildman–Crippen LogP) is 6.95. The van der Waals surface area contributed by atoms with Gasteiger partial charge in [-0.1, -0.05) is 64.1 Å². The van der Waals surface area contributed by atoms with E-state index >= 15 is 0 Å². The van der Waals surface area contributed by atoms with E-state index < -0.39 is 35.9 Å².